The Morgan fingerprint density at radius 1 is 0.882 bits per heavy atom. The van der Waals surface area contributed by atoms with Gasteiger partial charge in [0.25, 0.3) is 0 Å². The van der Waals surface area contributed by atoms with Crippen molar-refractivity contribution in [2.45, 2.75) is 6.42 Å². The second-order valence-electron chi connectivity index (χ2n) is 4.28. The van der Waals surface area contributed by atoms with Gasteiger partial charge in [-0.05, 0) is 30.7 Å². The van der Waals surface area contributed by atoms with Gasteiger partial charge in [0.15, 0.2) is 0 Å². The zero-order chi connectivity index (χ0) is 11.5. The molecule has 2 nitrogen and oxygen atoms in total. The Kier molecular flexibility index (Phi) is 2.70. The zero-order valence-electron chi connectivity index (χ0n) is 9.76. The van der Waals surface area contributed by atoms with E-state index in [1.165, 1.54) is 17.1 Å². The zero-order valence-corrected chi connectivity index (χ0v) is 9.76. The molecule has 2 aromatic carbocycles. The summed E-state index contributed by atoms with van der Waals surface area (Å²) in [7, 11) is 0. The maximum atomic E-state index is 3.48. The van der Waals surface area contributed by atoms with Gasteiger partial charge in [-0.25, -0.2) is 0 Å². The second kappa shape index (κ2) is 4.50. The van der Waals surface area contributed by atoms with E-state index in [4.69, 9.17) is 0 Å². The van der Waals surface area contributed by atoms with Crippen LogP contribution < -0.4 is 10.2 Å². The van der Waals surface area contributed by atoms with Crippen LogP contribution in [0, 0.1) is 0 Å². The Hall–Kier alpha value is -1.96. The van der Waals surface area contributed by atoms with Crippen LogP contribution in [0.3, 0.4) is 0 Å². The normalized spacial score (nSPS) is 14.7. The first kappa shape index (κ1) is 10.2. The molecule has 0 saturated carbocycles. The van der Waals surface area contributed by atoms with E-state index in [1.54, 1.807) is 0 Å². The van der Waals surface area contributed by atoms with Crippen molar-refractivity contribution >= 4 is 17.1 Å². The summed E-state index contributed by atoms with van der Waals surface area (Å²) in [4.78, 5) is 2.38. The number of nitrogens with one attached hydrogen (secondary N) is 1. The minimum Gasteiger partial charge on any atom is -0.383 e. The molecule has 86 valence electrons. The van der Waals surface area contributed by atoms with E-state index < -0.39 is 0 Å². The maximum Gasteiger partial charge on any atom is 0.0646 e. The van der Waals surface area contributed by atoms with Crippen LogP contribution in [0.4, 0.5) is 17.1 Å². The predicted octanol–water partition coefficient (Wildman–Crippen LogP) is 3.64. The van der Waals surface area contributed by atoms with Gasteiger partial charge in [0, 0.05) is 18.8 Å². The summed E-state index contributed by atoms with van der Waals surface area (Å²) in [6.45, 7) is 2.11. The van der Waals surface area contributed by atoms with Gasteiger partial charge in [-0.15, -0.1) is 0 Å². The molecule has 1 heterocycles. The van der Waals surface area contributed by atoms with Crippen molar-refractivity contribution in [1.82, 2.24) is 0 Å². The fraction of sp³-hybridized carbons (Fsp3) is 0.200. The molecule has 0 amide bonds. The van der Waals surface area contributed by atoms with Gasteiger partial charge in [0.1, 0.15) is 0 Å². The number of benzene rings is 2. The highest BCUT2D eigenvalue weighted by Crippen LogP contribution is 2.33. The molecule has 0 spiro atoms. The van der Waals surface area contributed by atoms with Crippen LogP contribution in [0.25, 0.3) is 0 Å². The highest BCUT2D eigenvalue weighted by Gasteiger charge is 2.15. The van der Waals surface area contributed by atoms with Gasteiger partial charge in [-0.3, -0.25) is 0 Å². The third-order valence-corrected chi connectivity index (χ3v) is 3.14. The molecule has 1 aliphatic rings. The maximum absolute atomic E-state index is 3.48. The van der Waals surface area contributed by atoms with Crippen LogP contribution >= 0.6 is 0 Å². The molecule has 0 atom stereocenters. The van der Waals surface area contributed by atoms with Crippen LogP contribution in [0.15, 0.2) is 54.6 Å². The first-order valence-electron chi connectivity index (χ1n) is 6.11. The van der Waals surface area contributed by atoms with E-state index in [1.807, 2.05) is 0 Å². The Labute approximate surface area is 102 Å². The Balaban J connectivity index is 2.06. The Bertz CT molecular complexity index is 493. The van der Waals surface area contributed by atoms with Crippen LogP contribution in [-0.4, -0.2) is 13.1 Å². The van der Waals surface area contributed by atoms with E-state index in [0.717, 1.165) is 19.5 Å². The van der Waals surface area contributed by atoms with Crippen molar-refractivity contribution in [3.63, 3.8) is 0 Å². The first-order chi connectivity index (χ1) is 8.45. The number of rotatable bonds is 1. The molecule has 0 unspecified atom stereocenters. The SMILES string of the molecule is c1ccc(N2CCCNc3ccccc32)cc1. The monoisotopic (exact) mass is 224 g/mol. The fourth-order valence-electron chi connectivity index (χ4n) is 2.32. The van der Waals surface area contributed by atoms with Crippen molar-refractivity contribution < 1.29 is 0 Å². The standard InChI is InChI=1S/C15H16N2/c1-2-7-13(8-3-1)17-12-6-11-16-14-9-4-5-10-15(14)17/h1-5,7-10,16H,6,11-12H2. The van der Waals surface area contributed by atoms with Gasteiger partial charge >= 0.3 is 0 Å². The molecular weight excluding hydrogens is 208 g/mol. The number of nitrogens with zero attached hydrogens (tertiary/aromatic N) is 1. The second-order valence-corrected chi connectivity index (χ2v) is 4.28. The predicted molar refractivity (Wildman–Crippen MR) is 73.0 cm³/mol. The number of fused-ring (bicyclic) bond motifs is 1. The molecule has 0 bridgehead atoms. The van der Waals surface area contributed by atoms with Gasteiger partial charge in [0.2, 0.25) is 0 Å². The lowest BCUT2D eigenvalue weighted by molar-refractivity contribution is 0.863. The third kappa shape index (κ3) is 1.98. The van der Waals surface area contributed by atoms with Crippen molar-refractivity contribution in [2.24, 2.45) is 0 Å². The summed E-state index contributed by atoms with van der Waals surface area (Å²) in [5, 5.41) is 3.48. The summed E-state index contributed by atoms with van der Waals surface area (Å²) in [5.74, 6) is 0. The van der Waals surface area contributed by atoms with Crippen LogP contribution in [-0.2, 0) is 0 Å². The average Bonchev–Trinajstić information content (AvgIpc) is 2.62. The summed E-state index contributed by atoms with van der Waals surface area (Å²) in [5.41, 5.74) is 3.77. The molecule has 1 N–H and O–H groups in total. The van der Waals surface area contributed by atoms with E-state index >= 15 is 0 Å². The largest absolute Gasteiger partial charge is 0.383 e. The van der Waals surface area contributed by atoms with Gasteiger partial charge in [-0.2, -0.15) is 0 Å². The molecule has 0 saturated heterocycles. The van der Waals surface area contributed by atoms with Crippen molar-refractivity contribution in [3.05, 3.63) is 54.6 Å². The number of hydrogen-bond donors (Lipinski definition) is 1. The first-order valence-corrected chi connectivity index (χ1v) is 6.11. The van der Waals surface area contributed by atoms with Gasteiger partial charge in [-0.1, -0.05) is 30.3 Å². The van der Waals surface area contributed by atoms with Crippen molar-refractivity contribution in [2.75, 3.05) is 23.3 Å². The quantitative estimate of drug-likeness (QED) is 0.795. The van der Waals surface area contributed by atoms with Crippen molar-refractivity contribution in [3.8, 4) is 0 Å². The summed E-state index contributed by atoms with van der Waals surface area (Å²) in [6.07, 6.45) is 1.16. The fourth-order valence-corrected chi connectivity index (χ4v) is 2.32. The molecule has 0 aliphatic carbocycles. The van der Waals surface area contributed by atoms with Crippen LogP contribution in [0.2, 0.25) is 0 Å². The molecule has 1 aliphatic heterocycles. The average molecular weight is 224 g/mol. The highest BCUT2D eigenvalue weighted by molar-refractivity contribution is 5.77. The molecule has 2 aromatic rings. The molecule has 0 radical (unpaired) electrons. The smallest absolute Gasteiger partial charge is 0.0646 e. The lowest BCUT2D eigenvalue weighted by Crippen LogP contribution is -2.17. The molecule has 2 heteroatoms. The van der Waals surface area contributed by atoms with E-state index in [0.29, 0.717) is 0 Å². The van der Waals surface area contributed by atoms with E-state index in [9.17, 15) is 0 Å². The third-order valence-electron chi connectivity index (χ3n) is 3.14. The molecular formula is C15H16N2. The van der Waals surface area contributed by atoms with Crippen LogP contribution in [0.1, 0.15) is 6.42 Å². The summed E-state index contributed by atoms with van der Waals surface area (Å²) >= 11 is 0. The van der Waals surface area contributed by atoms with E-state index in [2.05, 4.69) is 64.8 Å². The van der Waals surface area contributed by atoms with E-state index in [-0.39, 0.29) is 0 Å². The molecule has 0 fully saturated rings. The topological polar surface area (TPSA) is 15.3 Å². The molecule has 0 aromatic heterocycles. The number of para-hydroxylation sites is 3. The molecule has 3 rings (SSSR count). The minimum atomic E-state index is 1.04. The van der Waals surface area contributed by atoms with Gasteiger partial charge < -0.3 is 10.2 Å². The lowest BCUT2D eigenvalue weighted by atomic mass is 10.2. The Morgan fingerprint density at radius 2 is 1.65 bits per heavy atom. The number of anilines is 3. The lowest BCUT2D eigenvalue weighted by Gasteiger charge is -2.24. The molecule has 17 heavy (non-hydrogen) atoms. The summed E-state index contributed by atoms with van der Waals surface area (Å²) < 4.78 is 0. The number of hydrogen-bond acceptors (Lipinski definition) is 2. The van der Waals surface area contributed by atoms with Crippen molar-refractivity contribution in [1.29, 1.82) is 0 Å². The summed E-state index contributed by atoms with van der Waals surface area (Å²) in [6, 6.07) is 19.1. The Morgan fingerprint density at radius 3 is 2.53 bits per heavy atom. The minimum absolute atomic E-state index is 1.04. The van der Waals surface area contributed by atoms with Crippen LogP contribution in [0.5, 0.6) is 0 Å². The highest BCUT2D eigenvalue weighted by atomic mass is 15.2. The van der Waals surface area contributed by atoms with Gasteiger partial charge in [0.05, 0.1) is 11.4 Å².